The monoisotopic (exact) mass is 266 g/mol. The third-order valence-electron chi connectivity index (χ3n) is 3.50. The van der Waals surface area contributed by atoms with Crippen LogP contribution in [0.15, 0.2) is 18.2 Å². The number of piperidine rings is 1. The van der Waals surface area contributed by atoms with Gasteiger partial charge in [-0.25, -0.2) is 4.39 Å². The van der Waals surface area contributed by atoms with E-state index in [-0.39, 0.29) is 5.82 Å². The molecule has 2 N–H and O–H groups in total. The minimum absolute atomic E-state index is 0.279. The maximum atomic E-state index is 14.1. The Bertz CT molecular complexity index is 465. The van der Waals surface area contributed by atoms with E-state index in [0.717, 1.165) is 12.0 Å². The molecule has 0 bridgehead atoms. The Morgan fingerprint density at radius 2 is 2.37 bits per heavy atom. The Labute approximate surface area is 112 Å². The van der Waals surface area contributed by atoms with E-state index < -0.39 is 11.9 Å². The fourth-order valence-electron chi connectivity index (χ4n) is 2.52. The Morgan fingerprint density at radius 3 is 3.00 bits per heavy atom. The predicted octanol–water partition coefficient (Wildman–Crippen LogP) is 1.85. The van der Waals surface area contributed by atoms with Gasteiger partial charge in [-0.3, -0.25) is 4.79 Å². The van der Waals surface area contributed by atoms with Crippen molar-refractivity contribution in [1.29, 1.82) is 0 Å². The molecule has 1 aliphatic rings. The number of carbonyl (C=O) groups is 1. The second-order valence-electron chi connectivity index (χ2n) is 4.94. The molecule has 1 aromatic carbocycles. The summed E-state index contributed by atoms with van der Waals surface area (Å²) < 4.78 is 14.1. The highest BCUT2D eigenvalue weighted by molar-refractivity contribution is 5.71. The number of nitrogens with zero attached hydrogens (tertiary/aromatic N) is 1. The van der Waals surface area contributed by atoms with Gasteiger partial charge in [-0.15, -0.1) is 0 Å². The number of nitrogens with one attached hydrogen (secondary N) is 1. The molecule has 1 aromatic rings. The normalized spacial score (nSPS) is 19.5. The number of carboxylic acid groups (broad SMARTS) is 1. The largest absolute Gasteiger partial charge is 0.481 e. The molecular formula is C14H19FN2O2. The Hall–Kier alpha value is -1.62. The first-order valence-corrected chi connectivity index (χ1v) is 6.52. The van der Waals surface area contributed by atoms with Crippen LogP contribution in [0.5, 0.6) is 0 Å². The van der Waals surface area contributed by atoms with Gasteiger partial charge in [-0.1, -0.05) is 6.07 Å². The second kappa shape index (κ2) is 6.02. The summed E-state index contributed by atoms with van der Waals surface area (Å²) in [5.74, 6) is -1.47. The minimum atomic E-state index is -0.795. The van der Waals surface area contributed by atoms with Crippen LogP contribution in [0.2, 0.25) is 0 Å². The maximum Gasteiger partial charge on any atom is 0.308 e. The van der Waals surface area contributed by atoms with Crippen molar-refractivity contribution >= 4 is 11.7 Å². The van der Waals surface area contributed by atoms with Gasteiger partial charge in [0.1, 0.15) is 5.82 Å². The molecule has 1 unspecified atom stereocenters. The topological polar surface area (TPSA) is 52.6 Å². The lowest BCUT2D eigenvalue weighted by atomic mass is 9.97. The zero-order valence-electron chi connectivity index (χ0n) is 11.0. The molecule has 5 heteroatoms. The van der Waals surface area contributed by atoms with Crippen LogP contribution < -0.4 is 10.2 Å². The van der Waals surface area contributed by atoms with Gasteiger partial charge in [-0.05, 0) is 37.6 Å². The van der Waals surface area contributed by atoms with E-state index in [0.29, 0.717) is 31.7 Å². The number of carboxylic acids is 1. The van der Waals surface area contributed by atoms with Crippen LogP contribution in [0.3, 0.4) is 0 Å². The van der Waals surface area contributed by atoms with Crippen molar-refractivity contribution in [2.45, 2.75) is 19.4 Å². The van der Waals surface area contributed by atoms with E-state index in [2.05, 4.69) is 5.32 Å². The lowest BCUT2D eigenvalue weighted by Crippen LogP contribution is -2.39. The number of hydrogen-bond acceptors (Lipinski definition) is 3. The quantitative estimate of drug-likeness (QED) is 0.873. The van der Waals surface area contributed by atoms with E-state index in [1.807, 2.05) is 18.0 Å². The first kappa shape index (κ1) is 13.8. The fourth-order valence-corrected chi connectivity index (χ4v) is 2.52. The SMILES string of the molecule is CNCc1ccc(N2CCCC(C(=O)O)C2)c(F)c1. The standard InChI is InChI=1S/C14H19FN2O2/c1-16-8-10-4-5-13(12(15)7-10)17-6-2-3-11(9-17)14(18)19/h4-5,7,11,16H,2-3,6,8-9H2,1H3,(H,18,19). The van der Waals surface area contributed by atoms with Crippen molar-refractivity contribution in [2.24, 2.45) is 5.92 Å². The molecule has 0 radical (unpaired) electrons. The number of halogens is 1. The average Bonchev–Trinajstić information content (AvgIpc) is 2.39. The van der Waals surface area contributed by atoms with Crippen LogP contribution in [0.4, 0.5) is 10.1 Å². The van der Waals surface area contributed by atoms with Crippen LogP contribution in [-0.4, -0.2) is 31.2 Å². The summed E-state index contributed by atoms with van der Waals surface area (Å²) in [5, 5.41) is 12.0. The molecule has 1 fully saturated rings. The Balaban J connectivity index is 2.14. The van der Waals surface area contributed by atoms with Gasteiger partial charge in [0.15, 0.2) is 0 Å². The molecule has 0 spiro atoms. The summed E-state index contributed by atoms with van der Waals surface area (Å²) in [6.45, 7) is 1.72. The van der Waals surface area contributed by atoms with Crippen LogP contribution in [0, 0.1) is 11.7 Å². The van der Waals surface area contributed by atoms with Gasteiger partial charge in [0.05, 0.1) is 11.6 Å². The van der Waals surface area contributed by atoms with E-state index in [4.69, 9.17) is 5.11 Å². The molecule has 1 saturated heterocycles. The summed E-state index contributed by atoms with van der Waals surface area (Å²) >= 11 is 0. The van der Waals surface area contributed by atoms with Crippen molar-refractivity contribution in [2.75, 3.05) is 25.0 Å². The minimum Gasteiger partial charge on any atom is -0.481 e. The van der Waals surface area contributed by atoms with Crippen LogP contribution in [-0.2, 0) is 11.3 Å². The maximum absolute atomic E-state index is 14.1. The van der Waals surface area contributed by atoms with Crippen molar-refractivity contribution < 1.29 is 14.3 Å². The molecule has 0 aromatic heterocycles. The molecule has 0 aliphatic carbocycles. The highest BCUT2D eigenvalue weighted by Crippen LogP contribution is 2.26. The molecule has 104 valence electrons. The number of benzene rings is 1. The van der Waals surface area contributed by atoms with Gasteiger partial charge in [0.25, 0.3) is 0 Å². The molecule has 0 saturated carbocycles. The van der Waals surface area contributed by atoms with Crippen LogP contribution in [0.25, 0.3) is 0 Å². The van der Waals surface area contributed by atoms with E-state index in [1.54, 1.807) is 6.07 Å². The number of anilines is 1. The van der Waals surface area contributed by atoms with Gasteiger partial charge >= 0.3 is 5.97 Å². The summed E-state index contributed by atoms with van der Waals surface area (Å²) in [7, 11) is 1.81. The van der Waals surface area contributed by atoms with Crippen molar-refractivity contribution in [3.05, 3.63) is 29.6 Å². The molecule has 19 heavy (non-hydrogen) atoms. The summed E-state index contributed by atoms with van der Waals surface area (Å²) in [6.07, 6.45) is 1.46. The van der Waals surface area contributed by atoms with Gasteiger partial charge in [0, 0.05) is 19.6 Å². The lowest BCUT2D eigenvalue weighted by Gasteiger charge is -2.32. The summed E-state index contributed by atoms with van der Waals surface area (Å²) in [4.78, 5) is 12.9. The molecule has 1 heterocycles. The Morgan fingerprint density at radius 1 is 1.58 bits per heavy atom. The van der Waals surface area contributed by atoms with E-state index in [1.165, 1.54) is 6.07 Å². The van der Waals surface area contributed by atoms with Gasteiger partial charge in [-0.2, -0.15) is 0 Å². The molecule has 1 aliphatic heterocycles. The molecular weight excluding hydrogens is 247 g/mol. The van der Waals surface area contributed by atoms with Crippen molar-refractivity contribution in [3.8, 4) is 0 Å². The highest BCUT2D eigenvalue weighted by Gasteiger charge is 2.26. The summed E-state index contributed by atoms with van der Waals surface area (Å²) in [6, 6.07) is 5.13. The smallest absolute Gasteiger partial charge is 0.308 e. The van der Waals surface area contributed by atoms with E-state index in [9.17, 15) is 9.18 Å². The van der Waals surface area contributed by atoms with Crippen LogP contribution >= 0.6 is 0 Å². The van der Waals surface area contributed by atoms with Crippen molar-refractivity contribution in [3.63, 3.8) is 0 Å². The zero-order valence-corrected chi connectivity index (χ0v) is 11.0. The lowest BCUT2D eigenvalue weighted by molar-refractivity contribution is -0.141. The molecule has 0 amide bonds. The molecule has 2 rings (SSSR count). The third kappa shape index (κ3) is 3.23. The number of hydrogen-bond donors (Lipinski definition) is 2. The van der Waals surface area contributed by atoms with Crippen LogP contribution in [0.1, 0.15) is 18.4 Å². The Kier molecular flexibility index (Phi) is 4.37. The highest BCUT2D eigenvalue weighted by atomic mass is 19.1. The average molecular weight is 266 g/mol. The summed E-state index contributed by atoms with van der Waals surface area (Å²) in [5.41, 5.74) is 1.39. The third-order valence-corrected chi connectivity index (χ3v) is 3.50. The molecule has 1 atom stereocenters. The second-order valence-corrected chi connectivity index (χ2v) is 4.94. The fraction of sp³-hybridized carbons (Fsp3) is 0.500. The number of rotatable bonds is 4. The van der Waals surface area contributed by atoms with Gasteiger partial charge < -0.3 is 15.3 Å². The first-order chi connectivity index (χ1) is 9.11. The number of aliphatic carboxylic acids is 1. The predicted molar refractivity (Wildman–Crippen MR) is 71.7 cm³/mol. The van der Waals surface area contributed by atoms with Gasteiger partial charge in [0.2, 0.25) is 0 Å². The van der Waals surface area contributed by atoms with E-state index >= 15 is 0 Å². The zero-order chi connectivity index (χ0) is 13.8. The molecule has 4 nitrogen and oxygen atoms in total. The van der Waals surface area contributed by atoms with Crippen molar-refractivity contribution in [1.82, 2.24) is 5.32 Å². The first-order valence-electron chi connectivity index (χ1n) is 6.52.